The van der Waals surface area contributed by atoms with Gasteiger partial charge < -0.3 is 4.74 Å². The number of aryl methyl sites for hydroxylation is 2. The van der Waals surface area contributed by atoms with Crippen LogP contribution in [0.15, 0.2) is 83.8 Å². The molecule has 0 unspecified atom stereocenters. The van der Waals surface area contributed by atoms with E-state index in [1.54, 1.807) is 49.4 Å². The highest BCUT2D eigenvalue weighted by atomic mass is 32.2. The lowest BCUT2D eigenvalue weighted by molar-refractivity contribution is -0.113. The van der Waals surface area contributed by atoms with Gasteiger partial charge in [-0.25, -0.2) is 8.42 Å². The van der Waals surface area contributed by atoms with Crippen LogP contribution in [0.4, 0.5) is 5.69 Å². The van der Waals surface area contributed by atoms with Gasteiger partial charge in [0, 0.05) is 6.08 Å². The minimum absolute atomic E-state index is 0.0544. The van der Waals surface area contributed by atoms with Crippen molar-refractivity contribution in [2.24, 2.45) is 0 Å². The second kappa shape index (κ2) is 9.62. The Morgan fingerprint density at radius 2 is 1.65 bits per heavy atom. The second-order valence-corrected chi connectivity index (χ2v) is 8.83. The van der Waals surface area contributed by atoms with Crippen LogP contribution in [0.5, 0.6) is 5.75 Å². The lowest BCUT2D eigenvalue weighted by Crippen LogP contribution is -2.36. The maximum absolute atomic E-state index is 13.4. The zero-order chi connectivity index (χ0) is 22.4. The number of anilines is 1. The van der Waals surface area contributed by atoms with Crippen molar-refractivity contribution < 1.29 is 17.9 Å². The van der Waals surface area contributed by atoms with Crippen LogP contribution in [0, 0.1) is 13.8 Å². The van der Waals surface area contributed by atoms with Crippen molar-refractivity contribution in [2.45, 2.75) is 25.7 Å². The standard InChI is InChI=1S/C25H25NO4S/c1-4-30-22-15-12-21(13-16-22)14-17-25(27)26(24-18-19(2)10-11-20(24)3)31(28,29)23-8-6-5-7-9-23/h5-18H,4H2,1-3H3/b17-14+. The summed E-state index contributed by atoms with van der Waals surface area (Å²) in [6, 6.07) is 20.6. The van der Waals surface area contributed by atoms with Crippen LogP contribution in [0.2, 0.25) is 0 Å². The van der Waals surface area contributed by atoms with Gasteiger partial charge in [-0.15, -0.1) is 0 Å². The summed E-state index contributed by atoms with van der Waals surface area (Å²) in [6.45, 7) is 6.11. The smallest absolute Gasteiger partial charge is 0.271 e. The fourth-order valence-electron chi connectivity index (χ4n) is 3.08. The van der Waals surface area contributed by atoms with E-state index in [4.69, 9.17) is 4.74 Å². The Labute approximate surface area is 183 Å². The number of amides is 1. The highest BCUT2D eigenvalue weighted by Crippen LogP contribution is 2.28. The minimum atomic E-state index is -4.10. The van der Waals surface area contributed by atoms with E-state index in [0.717, 1.165) is 21.2 Å². The van der Waals surface area contributed by atoms with Gasteiger partial charge in [0.2, 0.25) is 0 Å². The maximum atomic E-state index is 13.4. The number of hydrogen-bond donors (Lipinski definition) is 0. The van der Waals surface area contributed by atoms with Crippen LogP contribution < -0.4 is 9.04 Å². The number of sulfonamides is 1. The molecule has 0 aliphatic carbocycles. The van der Waals surface area contributed by atoms with Gasteiger partial charge in [0.25, 0.3) is 15.9 Å². The SMILES string of the molecule is CCOc1ccc(/C=C/C(=O)N(c2cc(C)ccc2C)S(=O)(=O)c2ccccc2)cc1. The van der Waals surface area contributed by atoms with E-state index in [9.17, 15) is 13.2 Å². The highest BCUT2D eigenvalue weighted by Gasteiger charge is 2.30. The van der Waals surface area contributed by atoms with Crippen molar-refractivity contribution in [3.63, 3.8) is 0 Å². The van der Waals surface area contributed by atoms with Crippen LogP contribution in [-0.4, -0.2) is 20.9 Å². The van der Waals surface area contributed by atoms with E-state index >= 15 is 0 Å². The van der Waals surface area contributed by atoms with Gasteiger partial charge in [0.05, 0.1) is 17.2 Å². The molecule has 160 valence electrons. The normalized spacial score (nSPS) is 11.5. The van der Waals surface area contributed by atoms with E-state index in [0.29, 0.717) is 17.9 Å². The fraction of sp³-hybridized carbons (Fsp3) is 0.160. The van der Waals surface area contributed by atoms with Gasteiger partial charge in [0.15, 0.2) is 0 Å². The van der Waals surface area contributed by atoms with Crippen molar-refractivity contribution in [2.75, 3.05) is 10.9 Å². The first kappa shape index (κ1) is 22.3. The van der Waals surface area contributed by atoms with E-state index in [-0.39, 0.29) is 4.90 Å². The number of ether oxygens (including phenoxy) is 1. The summed E-state index contributed by atoms with van der Waals surface area (Å²) in [7, 11) is -4.10. The molecular weight excluding hydrogens is 410 g/mol. The first-order valence-electron chi connectivity index (χ1n) is 9.95. The predicted octanol–water partition coefficient (Wildman–Crippen LogP) is 5.14. The van der Waals surface area contributed by atoms with Gasteiger partial charge in [-0.2, -0.15) is 4.31 Å². The Hall–Kier alpha value is -3.38. The largest absolute Gasteiger partial charge is 0.494 e. The lowest BCUT2D eigenvalue weighted by Gasteiger charge is -2.23. The van der Waals surface area contributed by atoms with E-state index in [1.807, 2.05) is 38.1 Å². The van der Waals surface area contributed by atoms with Crippen molar-refractivity contribution in [3.8, 4) is 5.75 Å². The third-order valence-corrected chi connectivity index (χ3v) is 6.40. The molecular formula is C25H25NO4S. The monoisotopic (exact) mass is 435 g/mol. The first-order valence-corrected chi connectivity index (χ1v) is 11.4. The molecule has 0 N–H and O–H groups in total. The Balaban J connectivity index is 2.02. The van der Waals surface area contributed by atoms with E-state index in [1.165, 1.54) is 18.2 Å². The summed E-state index contributed by atoms with van der Waals surface area (Å²) in [5.41, 5.74) is 2.64. The summed E-state index contributed by atoms with van der Waals surface area (Å²) in [5, 5.41) is 0. The van der Waals surface area contributed by atoms with Crippen LogP contribution in [0.25, 0.3) is 6.08 Å². The maximum Gasteiger partial charge on any atom is 0.271 e. The summed E-state index contributed by atoms with van der Waals surface area (Å²) >= 11 is 0. The second-order valence-electron chi connectivity index (χ2n) is 7.05. The molecule has 0 aromatic heterocycles. The molecule has 3 aromatic carbocycles. The fourth-order valence-corrected chi connectivity index (χ4v) is 4.55. The molecule has 0 radical (unpaired) electrons. The van der Waals surface area contributed by atoms with E-state index < -0.39 is 15.9 Å². The van der Waals surface area contributed by atoms with Gasteiger partial charge in [-0.1, -0.05) is 42.5 Å². The summed E-state index contributed by atoms with van der Waals surface area (Å²) in [4.78, 5) is 13.3. The Morgan fingerprint density at radius 3 is 2.29 bits per heavy atom. The number of benzene rings is 3. The molecule has 5 nitrogen and oxygen atoms in total. The zero-order valence-electron chi connectivity index (χ0n) is 17.8. The van der Waals surface area contributed by atoms with Crippen LogP contribution in [0.3, 0.4) is 0 Å². The Kier molecular flexibility index (Phi) is 6.92. The van der Waals surface area contributed by atoms with Crippen molar-refractivity contribution in [1.29, 1.82) is 0 Å². The average Bonchev–Trinajstić information content (AvgIpc) is 2.76. The Bertz CT molecular complexity index is 1180. The van der Waals surface area contributed by atoms with E-state index in [2.05, 4.69) is 0 Å². The van der Waals surface area contributed by atoms with Gasteiger partial charge in [-0.05, 0) is 73.9 Å². The average molecular weight is 436 g/mol. The molecule has 0 fully saturated rings. The van der Waals surface area contributed by atoms with Gasteiger partial charge in [0.1, 0.15) is 5.75 Å². The number of carbonyl (C=O) groups excluding carboxylic acids is 1. The highest BCUT2D eigenvalue weighted by molar-refractivity contribution is 7.93. The molecule has 0 spiro atoms. The summed E-state index contributed by atoms with van der Waals surface area (Å²) < 4.78 is 33.1. The van der Waals surface area contributed by atoms with Gasteiger partial charge >= 0.3 is 0 Å². The zero-order valence-corrected chi connectivity index (χ0v) is 18.6. The minimum Gasteiger partial charge on any atom is -0.494 e. The first-order chi connectivity index (χ1) is 14.8. The molecule has 0 atom stereocenters. The van der Waals surface area contributed by atoms with Crippen LogP contribution in [-0.2, 0) is 14.8 Å². The molecule has 3 rings (SSSR count). The molecule has 31 heavy (non-hydrogen) atoms. The quantitative estimate of drug-likeness (QED) is 0.482. The molecule has 0 saturated carbocycles. The van der Waals surface area contributed by atoms with Crippen LogP contribution >= 0.6 is 0 Å². The predicted molar refractivity (Wildman–Crippen MR) is 124 cm³/mol. The lowest BCUT2D eigenvalue weighted by atomic mass is 10.1. The molecule has 0 aliphatic rings. The van der Waals surface area contributed by atoms with Crippen molar-refractivity contribution >= 4 is 27.7 Å². The number of nitrogens with zero attached hydrogens (tertiary/aromatic N) is 1. The molecule has 0 bridgehead atoms. The number of rotatable bonds is 7. The molecule has 3 aromatic rings. The topological polar surface area (TPSA) is 63.7 Å². The van der Waals surface area contributed by atoms with Crippen LogP contribution in [0.1, 0.15) is 23.6 Å². The van der Waals surface area contributed by atoms with Gasteiger partial charge in [-0.3, -0.25) is 4.79 Å². The number of hydrogen-bond acceptors (Lipinski definition) is 4. The third-order valence-electron chi connectivity index (χ3n) is 4.67. The Morgan fingerprint density at radius 1 is 0.968 bits per heavy atom. The molecule has 0 saturated heterocycles. The summed E-state index contributed by atoms with van der Waals surface area (Å²) in [5.74, 6) is 0.0843. The molecule has 1 amide bonds. The van der Waals surface area contributed by atoms with Crippen molar-refractivity contribution in [1.82, 2.24) is 0 Å². The summed E-state index contributed by atoms with van der Waals surface area (Å²) in [6.07, 6.45) is 2.87. The van der Waals surface area contributed by atoms with Crippen molar-refractivity contribution in [3.05, 3.63) is 95.6 Å². The molecule has 0 heterocycles. The number of carbonyl (C=O) groups is 1. The third kappa shape index (κ3) is 5.22. The molecule has 6 heteroatoms. The molecule has 0 aliphatic heterocycles.